The van der Waals surface area contributed by atoms with Gasteiger partial charge in [-0.25, -0.2) is 0 Å². The predicted molar refractivity (Wildman–Crippen MR) is 66.0 cm³/mol. The van der Waals surface area contributed by atoms with Crippen LogP contribution < -0.4 is 10.1 Å². The Balaban J connectivity index is 2.41. The van der Waals surface area contributed by atoms with Gasteiger partial charge in [-0.05, 0) is 31.0 Å². The molecule has 1 aromatic rings. The fourth-order valence-electron chi connectivity index (χ4n) is 1.48. The third-order valence-electron chi connectivity index (χ3n) is 2.46. The molecule has 0 radical (unpaired) electrons. The van der Waals surface area contributed by atoms with Gasteiger partial charge in [-0.1, -0.05) is 12.1 Å². The molecule has 0 heterocycles. The van der Waals surface area contributed by atoms with Crippen molar-refractivity contribution < 1.29 is 14.6 Å². The van der Waals surface area contributed by atoms with Gasteiger partial charge in [0.15, 0.2) is 0 Å². The zero-order chi connectivity index (χ0) is 12.7. The van der Waals surface area contributed by atoms with Gasteiger partial charge in [-0.2, -0.15) is 0 Å². The number of aliphatic hydroxyl groups excluding tert-OH is 1. The van der Waals surface area contributed by atoms with Gasteiger partial charge in [0.2, 0.25) is 5.91 Å². The van der Waals surface area contributed by atoms with Crippen molar-refractivity contribution in [1.29, 1.82) is 0 Å². The molecule has 0 saturated heterocycles. The summed E-state index contributed by atoms with van der Waals surface area (Å²) in [5.41, 5.74) is 1.07. The van der Waals surface area contributed by atoms with Crippen LogP contribution in [0.5, 0.6) is 5.75 Å². The molecule has 4 nitrogen and oxygen atoms in total. The second-order valence-corrected chi connectivity index (χ2v) is 4.00. The Morgan fingerprint density at radius 1 is 1.53 bits per heavy atom. The topological polar surface area (TPSA) is 58.6 Å². The van der Waals surface area contributed by atoms with Gasteiger partial charge in [0.05, 0.1) is 13.7 Å². The number of nitrogens with one attached hydrogen (secondary N) is 1. The Labute approximate surface area is 102 Å². The molecule has 0 spiro atoms. The molecule has 0 aliphatic rings. The molecular formula is C13H19NO3. The molecule has 0 unspecified atom stereocenters. The Morgan fingerprint density at radius 3 is 2.94 bits per heavy atom. The van der Waals surface area contributed by atoms with Crippen molar-refractivity contribution in [2.75, 3.05) is 13.7 Å². The van der Waals surface area contributed by atoms with Crippen molar-refractivity contribution in [2.45, 2.75) is 25.8 Å². The summed E-state index contributed by atoms with van der Waals surface area (Å²) in [4.78, 5) is 11.5. The number of aliphatic hydroxyl groups is 1. The minimum atomic E-state index is -0.187. The van der Waals surface area contributed by atoms with Crippen LogP contribution in [-0.4, -0.2) is 30.8 Å². The molecule has 0 saturated carbocycles. The van der Waals surface area contributed by atoms with Gasteiger partial charge in [0, 0.05) is 12.5 Å². The minimum Gasteiger partial charge on any atom is -0.497 e. The predicted octanol–water partition coefficient (Wildman–Crippen LogP) is 1.12. The summed E-state index contributed by atoms with van der Waals surface area (Å²) in [5, 5.41) is 11.5. The highest BCUT2D eigenvalue weighted by molar-refractivity contribution is 5.76. The van der Waals surface area contributed by atoms with Crippen molar-refractivity contribution in [3.8, 4) is 5.75 Å². The van der Waals surface area contributed by atoms with Gasteiger partial charge in [0.25, 0.3) is 0 Å². The van der Waals surface area contributed by atoms with E-state index < -0.39 is 0 Å². The summed E-state index contributed by atoms with van der Waals surface area (Å²) in [6.07, 6.45) is 1.08. The lowest BCUT2D eigenvalue weighted by molar-refractivity contribution is -0.121. The number of carbonyl (C=O) groups is 1. The first-order chi connectivity index (χ1) is 8.15. The minimum absolute atomic E-state index is 0.0368. The highest BCUT2D eigenvalue weighted by Gasteiger charge is 2.06. The van der Waals surface area contributed by atoms with Gasteiger partial charge in [-0.3, -0.25) is 4.79 Å². The van der Waals surface area contributed by atoms with Gasteiger partial charge >= 0.3 is 0 Å². The van der Waals surface area contributed by atoms with Crippen LogP contribution in [0.15, 0.2) is 24.3 Å². The van der Waals surface area contributed by atoms with E-state index in [4.69, 9.17) is 9.84 Å². The van der Waals surface area contributed by atoms with Crippen molar-refractivity contribution in [3.63, 3.8) is 0 Å². The van der Waals surface area contributed by atoms with E-state index in [-0.39, 0.29) is 18.6 Å². The maximum Gasteiger partial charge on any atom is 0.220 e. The standard InChI is InChI=1S/C13H19NO3/c1-10(9-15)14-13(16)7-6-11-4-3-5-12(8-11)17-2/h3-5,8,10,15H,6-7,9H2,1-2H3,(H,14,16)/t10-/m1/s1. The van der Waals surface area contributed by atoms with Crippen molar-refractivity contribution in [3.05, 3.63) is 29.8 Å². The highest BCUT2D eigenvalue weighted by Crippen LogP contribution is 2.13. The van der Waals surface area contributed by atoms with Crippen molar-refractivity contribution in [2.24, 2.45) is 0 Å². The smallest absolute Gasteiger partial charge is 0.220 e. The summed E-state index contributed by atoms with van der Waals surface area (Å²) >= 11 is 0. The molecule has 0 aromatic heterocycles. The molecule has 17 heavy (non-hydrogen) atoms. The zero-order valence-corrected chi connectivity index (χ0v) is 10.3. The molecule has 0 aliphatic heterocycles. The number of rotatable bonds is 6. The number of hydrogen-bond donors (Lipinski definition) is 2. The number of hydrogen-bond acceptors (Lipinski definition) is 3. The van der Waals surface area contributed by atoms with Crippen LogP contribution in [0.2, 0.25) is 0 Å². The number of amides is 1. The summed E-state index contributed by atoms with van der Waals surface area (Å²) in [6, 6.07) is 7.47. The molecule has 2 N–H and O–H groups in total. The number of methoxy groups -OCH3 is 1. The average molecular weight is 237 g/mol. The number of carbonyl (C=O) groups excluding carboxylic acids is 1. The molecule has 4 heteroatoms. The summed E-state index contributed by atoms with van der Waals surface area (Å²) in [5.74, 6) is 0.751. The van der Waals surface area contributed by atoms with Crippen LogP contribution in [0.25, 0.3) is 0 Å². The third-order valence-corrected chi connectivity index (χ3v) is 2.46. The SMILES string of the molecule is COc1cccc(CCC(=O)N[C@H](C)CO)c1. The van der Waals surface area contributed by atoms with E-state index >= 15 is 0 Å². The molecule has 1 amide bonds. The van der Waals surface area contributed by atoms with Crippen LogP contribution in [0.3, 0.4) is 0 Å². The lowest BCUT2D eigenvalue weighted by Gasteiger charge is -2.10. The molecule has 94 valence electrons. The molecule has 1 atom stereocenters. The monoisotopic (exact) mass is 237 g/mol. The molecule has 0 bridgehead atoms. The van der Waals surface area contributed by atoms with Crippen molar-refractivity contribution >= 4 is 5.91 Å². The Morgan fingerprint density at radius 2 is 2.29 bits per heavy atom. The summed E-state index contributed by atoms with van der Waals surface area (Å²) in [7, 11) is 1.62. The van der Waals surface area contributed by atoms with Gasteiger partial charge in [-0.15, -0.1) is 0 Å². The molecule has 1 rings (SSSR count). The first kappa shape index (κ1) is 13.5. The fourth-order valence-corrected chi connectivity index (χ4v) is 1.48. The quantitative estimate of drug-likeness (QED) is 0.779. The van der Waals surface area contributed by atoms with Gasteiger partial charge in [0.1, 0.15) is 5.75 Å². The molecule has 0 aliphatic carbocycles. The summed E-state index contributed by atoms with van der Waals surface area (Å²) in [6.45, 7) is 1.73. The normalized spacial score (nSPS) is 11.9. The Hall–Kier alpha value is -1.55. The Kier molecular flexibility index (Phi) is 5.49. The lowest BCUT2D eigenvalue weighted by atomic mass is 10.1. The van der Waals surface area contributed by atoms with E-state index in [9.17, 15) is 4.79 Å². The third kappa shape index (κ3) is 4.87. The lowest BCUT2D eigenvalue weighted by Crippen LogP contribution is -2.35. The second-order valence-electron chi connectivity index (χ2n) is 4.00. The van der Waals surface area contributed by atoms with Crippen molar-refractivity contribution in [1.82, 2.24) is 5.32 Å². The fraction of sp³-hybridized carbons (Fsp3) is 0.462. The van der Waals surface area contributed by atoms with Crippen LogP contribution in [0, 0.1) is 0 Å². The van der Waals surface area contributed by atoms with Gasteiger partial charge < -0.3 is 15.2 Å². The molecule has 1 aromatic carbocycles. The van der Waals surface area contributed by atoms with E-state index in [1.807, 2.05) is 24.3 Å². The van der Waals surface area contributed by atoms with E-state index in [0.29, 0.717) is 12.8 Å². The van der Waals surface area contributed by atoms with Crippen LogP contribution >= 0.6 is 0 Å². The molecule has 0 fully saturated rings. The number of ether oxygens (including phenoxy) is 1. The van der Waals surface area contributed by atoms with E-state index in [1.165, 1.54) is 0 Å². The maximum absolute atomic E-state index is 11.5. The second kappa shape index (κ2) is 6.91. The highest BCUT2D eigenvalue weighted by atomic mass is 16.5. The van der Waals surface area contributed by atoms with E-state index in [0.717, 1.165) is 11.3 Å². The number of aryl methyl sites for hydroxylation is 1. The molecular weight excluding hydrogens is 218 g/mol. The first-order valence-electron chi connectivity index (χ1n) is 5.69. The van der Waals surface area contributed by atoms with E-state index in [2.05, 4.69) is 5.32 Å². The van der Waals surface area contributed by atoms with Crippen LogP contribution in [-0.2, 0) is 11.2 Å². The largest absolute Gasteiger partial charge is 0.497 e. The first-order valence-corrected chi connectivity index (χ1v) is 5.69. The maximum atomic E-state index is 11.5. The zero-order valence-electron chi connectivity index (χ0n) is 10.3. The average Bonchev–Trinajstić information content (AvgIpc) is 2.36. The Bertz CT molecular complexity index is 365. The number of benzene rings is 1. The van der Waals surface area contributed by atoms with Crippen LogP contribution in [0.4, 0.5) is 0 Å². The van der Waals surface area contributed by atoms with E-state index in [1.54, 1.807) is 14.0 Å². The summed E-state index contributed by atoms with van der Waals surface area (Å²) < 4.78 is 5.11. The van der Waals surface area contributed by atoms with Crippen LogP contribution in [0.1, 0.15) is 18.9 Å².